The first-order valence-electron chi connectivity index (χ1n) is 8.76. The lowest BCUT2D eigenvalue weighted by molar-refractivity contribution is -0.216. The molecule has 3 amide bonds. The number of hydrogen-bond acceptors (Lipinski definition) is 4. The van der Waals surface area contributed by atoms with E-state index in [1.807, 2.05) is 13.8 Å². The van der Waals surface area contributed by atoms with Crippen LogP contribution in [-0.2, 0) is 14.4 Å². The third-order valence-electron chi connectivity index (χ3n) is 3.44. The van der Waals surface area contributed by atoms with Crippen LogP contribution in [0.3, 0.4) is 0 Å². The number of carbonyl (C=O) groups excluding carboxylic acids is 3. The number of anilines is 1. The molecule has 0 spiro atoms. The van der Waals surface area contributed by atoms with Crippen molar-refractivity contribution in [3.05, 3.63) is 28.7 Å². The summed E-state index contributed by atoms with van der Waals surface area (Å²) >= 11 is 3.33. The van der Waals surface area contributed by atoms with E-state index in [0.29, 0.717) is 12.1 Å². The van der Waals surface area contributed by atoms with Crippen molar-refractivity contribution in [3.63, 3.8) is 0 Å². The number of rotatable bonds is 5. The fraction of sp³-hybridized carbons (Fsp3) is 0.526. The molecule has 0 aliphatic heterocycles. The quantitative estimate of drug-likeness (QED) is 0.673. The van der Waals surface area contributed by atoms with E-state index >= 15 is 0 Å². The van der Waals surface area contributed by atoms with Gasteiger partial charge in [-0.3, -0.25) is 9.59 Å². The molecule has 0 fully saturated rings. The van der Waals surface area contributed by atoms with Gasteiger partial charge >= 0.3 is 12.0 Å². The number of carbonyl (C=O) groups is 3. The van der Waals surface area contributed by atoms with Crippen molar-refractivity contribution in [2.45, 2.75) is 59.5 Å². The highest BCUT2D eigenvalue weighted by Crippen LogP contribution is 2.19. The summed E-state index contributed by atoms with van der Waals surface area (Å²) in [6.07, 6.45) is 0.403. The Hall–Kier alpha value is -2.09. The van der Waals surface area contributed by atoms with Crippen LogP contribution in [-0.4, -0.2) is 34.6 Å². The molecule has 8 heteroatoms. The minimum absolute atomic E-state index is 0.145. The largest absolute Gasteiger partial charge is 0.338 e. The summed E-state index contributed by atoms with van der Waals surface area (Å²) < 4.78 is 0.892. The molecule has 0 saturated carbocycles. The normalized spacial score (nSPS) is 12.3. The summed E-state index contributed by atoms with van der Waals surface area (Å²) in [5.74, 6) is -0.927. The minimum atomic E-state index is -0.834. The van der Waals surface area contributed by atoms with Crippen LogP contribution in [0.15, 0.2) is 28.7 Å². The first-order chi connectivity index (χ1) is 12.4. The molecule has 0 unspecified atom stereocenters. The van der Waals surface area contributed by atoms with E-state index in [1.54, 1.807) is 45.0 Å². The Bertz CT molecular complexity index is 669. The monoisotopic (exact) mass is 441 g/mol. The van der Waals surface area contributed by atoms with Gasteiger partial charge in [0.1, 0.15) is 6.04 Å². The van der Waals surface area contributed by atoms with Gasteiger partial charge in [0, 0.05) is 17.1 Å². The number of benzene rings is 1. The van der Waals surface area contributed by atoms with Gasteiger partial charge in [-0.1, -0.05) is 29.8 Å². The van der Waals surface area contributed by atoms with E-state index in [9.17, 15) is 14.4 Å². The molecular formula is C19H28BrN3O4. The second-order valence-corrected chi connectivity index (χ2v) is 8.59. The van der Waals surface area contributed by atoms with E-state index < -0.39 is 29.5 Å². The second-order valence-electron chi connectivity index (χ2n) is 7.67. The second kappa shape index (κ2) is 9.73. The first-order valence-corrected chi connectivity index (χ1v) is 9.55. The number of nitrogens with zero attached hydrogens (tertiary/aromatic N) is 1. The van der Waals surface area contributed by atoms with E-state index in [4.69, 9.17) is 4.84 Å². The Morgan fingerprint density at radius 2 is 1.70 bits per heavy atom. The van der Waals surface area contributed by atoms with Crippen LogP contribution in [0.2, 0.25) is 0 Å². The lowest BCUT2D eigenvalue weighted by Gasteiger charge is -2.35. The highest BCUT2D eigenvalue weighted by molar-refractivity contribution is 9.10. The van der Waals surface area contributed by atoms with Crippen molar-refractivity contribution in [2.24, 2.45) is 5.92 Å². The lowest BCUT2D eigenvalue weighted by Crippen LogP contribution is -2.55. The molecule has 1 aromatic carbocycles. The van der Waals surface area contributed by atoms with Gasteiger partial charge in [-0.05, 0) is 57.4 Å². The fourth-order valence-electron chi connectivity index (χ4n) is 2.33. The number of halogens is 1. The van der Waals surface area contributed by atoms with Gasteiger partial charge in [-0.25, -0.2) is 4.79 Å². The van der Waals surface area contributed by atoms with Crippen LogP contribution in [0.1, 0.15) is 48.0 Å². The van der Waals surface area contributed by atoms with Gasteiger partial charge in [0.15, 0.2) is 0 Å². The number of urea groups is 1. The van der Waals surface area contributed by atoms with Crippen LogP contribution < -0.4 is 10.6 Å². The molecule has 0 bridgehead atoms. The Kier molecular flexibility index (Phi) is 8.27. The van der Waals surface area contributed by atoms with Crippen molar-refractivity contribution < 1.29 is 19.2 Å². The maximum atomic E-state index is 13.0. The fourth-order valence-corrected chi connectivity index (χ4v) is 2.60. The molecule has 1 aromatic rings. The summed E-state index contributed by atoms with van der Waals surface area (Å²) in [5.41, 5.74) is -0.152. The van der Waals surface area contributed by atoms with Crippen molar-refractivity contribution in [3.8, 4) is 0 Å². The number of nitrogens with one attached hydrogen (secondary N) is 2. The number of amides is 3. The number of hydroxylamine groups is 2. The molecule has 0 aromatic heterocycles. The zero-order valence-electron chi connectivity index (χ0n) is 16.6. The summed E-state index contributed by atoms with van der Waals surface area (Å²) in [6, 6.07) is 5.74. The molecule has 7 nitrogen and oxygen atoms in total. The highest BCUT2D eigenvalue weighted by Gasteiger charge is 2.36. The predicted molar refractivity (Wildman–Crippen MR) is 108 cm³/mol. The predicted octanol–water partition coefficient (Wildman–Crippen LogP) is 4.09. The van der Waals surface area contributed by atoms with Crippen molar-refractivity contribution >= 4 is 39.5 Å². The Morgan fingerprint density at radius 3 is 2.15 bits per heavy atom. The van der Waals surface area contributed by atoms with Crippen LogP contribution >= 0.6 is 15.9 Å². The van der Waals surface area contributed by atoms with Crippen molar-refractivity contribution in [1.29, 1.82) is 0 Å². The molecule has 1 atom stereocenters. The van der Waals surface area contributed by atoms with Gasteiger partial charge in [-0.2, -0.15) is 5.06 Å². The maximum Gasteiger partial charge on any atom is 0.329 e. The van der Waals surface area contributed by atoms with E-state index in [-0.39, 0.29) is 5.92 Å². The highest BCUT2D eigenvalue weighted by atomic mass is 79.9. The summed E-state index contributed by atoms with van der Waals surface area (Å²) in [4.78, 5) is 41.9. The van der Waals surface area contributed by atoms with E-state index in [1.165, 1.54) is 6.92 Å². The Labute approximate surface area is 168 Å². The maximum absolute atomic E-state index is 13.0. The van der Waals surface area contributed by atoms with Crippen LogP contribution in [0.4, 0.5) is 10.5 Å². The standard InChI is InChI=1S/C19H28BrN3O4/c1-12(2)11-16(17(25)23(19(4,5)6)27-13(3)24)22-18(26)21-15-9-7-14(20)8-10-15/h7-10,12,16H,11H2,1-6H3,(H2,21,22,26)/t16-/m0/s1. The zero-order chi connectivity index (χ0) is 20.8. The smallest absolute Gasteiger partial charge is 0.329 e. The topological polar surface area (TPSA) is 87.7 Å². The van der Waals surface area contributed by atoms with Crippen molar-refractivity contribution in [1.82, 2.24) is 10.4 Å². The van der Waals surface area contributed by atoms with Gasteiger partial charge < -0.3 is 15.5 Å². The minimum Gasteiger partial charge on any atom is -0.338 e. The number of hydrogen-bond donors (Lipinski definition) is 2. The average Bonchev–Trinajstić information content (AvgIpc) is 2.52. The van der Waals surface area contributed by atoms with Gasteiger partial charge in [0.2, 0.25) is 0 Å². The molecule has 0 aliphatic carbocycles. The van der Waals surface area contributed by atoms with Crippen LogP contribution in [0, 0.1) is 5.92 Å². The SMILES string of the molecule is CC(=O)ON(C(=O)[C@H](CC(C)C)NC(=O)Nc1ccc(Br)cc1)C(C)(C)C. The van der Waals surface area contributed by atoms with Gasteiger partial charge in [-0.15, -0.1) is 0 Å². The first kappa shape index (κ1) is 23.0. The summed E-state index contributed by atoms with van der Waals surface area (Å²) in [5, 5.41) is 6.42. The Balaban J connectivity index is 2.95. The lowest BCUT2D eigenvalue weighted by atomic mass is 10.0. The summed E-state index contributed by atoms with van der Waals surface area (Å²) in [6.45, 7) is 10.4. The third kappa shape index (κ3) is 7.99. The molecule has 1 rings (SSSR count). The molecule has 2 N–H and O–H groups in total. The molecule has 27 heavy (non-hydrogen) atoms. The molecule has 0 aliphatic rings. The van der Waals surface area contributed by atoms with Gasteiger partial charge in [0.05, 0.1) is 5.54 Å². The average molecular weight is 442 g/mol. The van der Waals surface area contributed by atoms with E-state index in [2.05, 4.69) is 26.6 Å². The molecular weight excluding hydrogens is 414 g/mol. The van der Waals surface area contributed by atoms with Crippen LogP contribution in [0.5, 0.6) is 0 Å². The summed E-state index contributed by atoms with van der Waals surface area (Å²) in [7, 11) is 0. The van der Waals surface area contributed by atoms with Crippen molar-refractivity contribution in [2.75, 3.05) is 5.32 Å². The van der Waals surface area contributed by atoms with E-state index in [0.717, 1.165) is 9.54 Å². The zero-order valence-corrected chi connectivity index (χ0v) is 18.2. The van der Waals surface area contributed by atoms with Gasteiger partial charge in [0.25, 0.3) is 5.91 Å². The molecule has 0 radical (unpaired) electrons. The van der Waals surface area contributed by atoms with Crippen LogP contribution in [0.25, 0.3) is 0 Å². The Morgan fingerprint density at radius 1 is 1.15 bits per heavy atom. The molecule has 0 heterocycles. The molecule has 0 saturated heterocycles. The third-order valence-corrected chi connectivity index (χ3v) is 3.97. The molecule has 150 valence electrons.